The van der Waals surface area contributed by atoms with Gasteiger partial charge in [-0.2, -0.15) is 0 Å². The molecule has 1 heterocycles. The van der Waals surface area contributed by atoms with Crippen molar-refractivity contribution in [3.05, 3.63) is 64.3 Å². The van der Waals surface area contributed by atoms with Crippen molar-refractivity contribution >= 4 is 26.8 Å². The number of benzene rings is 1. The van der Waals surface area contributed by atoms with Crippen LogP contribution < -0.4 is 0 Å². The van der Waals surface area contributed by atoms with Crippen molar-refractivity contribution in [2.24, 2.45) is 0 Å². The van der Waals surface area contributed by atoms with Crippen LogP contribution in [0.1, 0.15) is 18.4 Å². The lowest BCUT2D eigenvalue weighted by atomic mass is 9.98. The lowest BCUT2D eigenvalue weighted by molar-refractivity contribution is 0.909. The van der Waals surface area contributed by atoms with Crippen molar-refractivity contribution in [3.63, 3.8) is 0 Å². The van der Waals surface area contributed by atoms with Crippen molar-refractivity contribution in [3.8, 4) is 0 Å². The third kappa shape index (κ3) is 2.54. The van der Waals surface area contributed by atoms with Crippen molar-refractivity contribution in [2.75, 3.05) is 0 Å². The topological polar surface area (TPSA) is 12.9 Å². The van der Waals surface area contributed by atoms with E-state index in [0.29, 0.717) is 0 Å². The average Bonchev–Trinajstić information content (AvgIpc) is 2.39. The molecule has 1 aromatic carbocycles. The summed E-state index contributed by atoms with van der Waals surface area (Å²) in [6.45, 7) is 0. The minimum Gasteiger partial charge on any atom is -0.256 e. The smallest absolute Gasteiger partial charge is 0.0702 e. The number of nitrogens with zero attached hydrogens (tertiary/aromatic N) is 1. The van der Waals surface area contributed by atoms with Gasteiger partial charge in [0.2, 0.25) is 0 Å². The molecule has 90 valence electrons. The predicted molar refractivity (Wildman–Crippen MR) is 79.6 cm³/mol. The van der Waals surface area contributed by atoms with Gasteiger partial charge in [-0.25, -0.2) is 0 Å². The molecule has 3 rings (SSSR count). The summed E-state index contributed by atoms with van der Waals surface area (Å²) in [7, 11) is 0. The highest BCUT2D eigenvalue weighted by molar-refractivity contribution is 9.10. The minimum absolute atomic E-state index is 1.01. The van der Waals surface area contributed by atoms with Gasteiger partial charge < -0.3 is 0 Å². The lowest BCUT2D eigenvalue weighted by Gasteiger charge is -2.09. The van der Waals surface area contributed by atoms with Gasteiger partial charge >= 0.3 is 0 Å². The van der Waals surface area contributed by atoms with E-state index >= 15 is 0 Å². The van der Waals surface area contributed by atoms with Crippen molar-refractivity contribution in [1.29, 1.82) is 0 Å². The van der Waals surface area contributed by atoms with E-state index in [1.165, 1.54) is 29.4 Å². The second-order valence-electron chi connectivity index (χ2n) is 4.65. The number of aromatic nitrogens is 1. The first-order valence-corrected chi connectivity index (χ1v) is 6.99. The maximum atomic E-state index is 4.52. The van der Waals surface area contributed by atoms with Gasteiger partial charge in [0, 0.05) is 16.1 Å². The quantitative estimate of drug-likeness (QED) is 0.775. The van der Waals surface area contributed by atoms with E-state index in [-0.39, 0.29) is 0 Å². The summed E-state index contributed by atoms with van der Waals surface area (Å²) in [6, 6.07) is 8.45. The van der Waals surface area contributed by atoms with E-state index in [2.05, 4.69) is 51.3 Å². The summed E-state index contributed by atoms with van der Waals surface area (Å²) in [6.07, 6.45) is 12.0. The van der Waals surface area contributed by atoms with Crippen LogP contribution in [0.3, 0.4) is 0 Å². The van der Waals surface area contributed by atoms with Crippen LogP contribution in [0.2, 0.25) is 0 Å². The number of rotatable bonds is 2. The molecule has 2 aromatic rings. The molecular formula is C16H14BrN. The molecule has 0 N–H and O–H groups in total. The molecule has 0 fully saturated rings. The fourth-order valence-electron chi connectivity index (χ4n) is 2.31. The van der Waals surface area contributed by atoms with Crippen LogP contribution in [-0.2, 0) is 6.42 Å². The SMILES string of the molecule is Brc1ccc2ncc(CC3=CC=CCC3)cc2c1. The molecule has 0 amide bonds. The van der Waals surface area contributed by atoms with E-state index in [4.69, 9.17) is 0 Å². The van der Waals surface area contributed by atoms with Crippen LogP contribution in [0, 0.1) is 0 Å². The zero-order valence-corrected chi connectivity index (χ0v) is 11.7. The first kappa shape index (κ1) is 11.7. The highest BCUT2D eigenvalue weighted by atomic mass is 79.9. The number of pyridine rings is 1. The fraction of sp³-hybridized carbons (Fsp3) is 0.188. The molecule has 1 aliphatic rings. The number of halogens is 1. The summed E-state index contributed by atoms with van der Waals surface area (Å²) in [5.74, 6) is 0. The maximum absolute atomic E-state index is 4.52. The van der Waals surface area contributed by atoms with Gasteiger partial charge in [0.1, 0.15) is 0 Å². The molecule has 0 atom stereocenters. The van der Waals surface area contributed by atoms with Crippen molar-refractivity contribution < 1.29 is 0 Å². The van der Waals surface area contributed by atoms with Crippen molar-refractivity contribution in [1.82, 2.24) is 4.98 Å². The molecule has 0 aliphatic heterocycles. The van der Waals surface area contributed by atoms with Crippen molar-refractivity contribution in [2.45, 2.75) is 19.3 Å². The minimum atomic E-state index is 1.01. The maximum Gasteiger partial charge on any atom is 0.0702 e. The zero-order valence-electron chi connectivity index (χ0n) is 10.1. The number of fused-ring (bicyclic) bond motifs is 1. The van der Waals surface area contributed by atoms with Crippen LogP contribution in [0.4, 0.5) is 0 Å². The van der Waals surface area contributed by atoms with Gasteiger partial charge in [-0.15, -0.1) is 0 Å². The first-order valence-electron chi connectivity index (χ1n) is 6.20. The summed E-state index contributed by atoms with van der Waals surface area (Å²) in [5.41, 5.74) is 3.84. The molecule has 1 aromatic heterocycles. The zero-order chi connectivity index (χ0) is 12.4. The van der Waals surface area contributed by atoms with Gasteiger partial charge in [-0.3, -0.25) is 4.98 Å². The number of hydrogen-bond acceptors (Lipinski definition) is 1. The van der Waals surface area contributed by atoms with Gasteiger partial charge in [0.15, 0.2) is 0 Å². The highest BCUT2D eigenvalue weighted by Gasteiger charge is 2.04. The van der Waals surface area contributed by atoms with Gasteiger partial charge in [0.25, 0.3) is 0 Å². The molecule has 1 aliphatic carbocycles. The second-order valence-corrected chi connectivity index (χ2v) is 5.56. The van der Waals surface area contributed by atoms with Crippen LogP contribution >= 0.6 is 15.9 Å². The highest BCUT2D eigenvalue weighted by Crippen LogP contribution is 2.22. The number of allylic oxidation sites excluding steroid dienone is 4. The molecule has 1 nitrogen and oxygen atoms in total. The average molecular weight is 300 g/mol. The Hall–Kier alpha value is -1.41. The molecular weight excluding hydrogens is 286 g/mol. The lowest BCUT2D eigenvalue weighted by Crippen LogP contribution is -1.94. The molecule has 0 spiro atoms. The van der Waals surface area contributed by atoms with Crippen LogP contribution in [0.25, 0.3) is 10.9 Å². The third-order valence-electron chi connectivity index (χ3n) is 3.23. The van der Waals surface area contributed by atoms with E-state index in [0.717, 1.165) is 16.4 Å². The van der Waals surface area contributed by atoms with E-state index in [9.17, 15) is 0 Å². The summed E-state index contributed by atoms with van der Waals surface area (Å²) < 4.78 is 1.11. The Balaban J connectivity index is 1.92. The first-order chi connectivity index (χ1) is 8.81. The molecule has 0 radical (unpaired) electrons. The number of hydrogen-bond donors (Lipinski definition) is 0. The molecule has 2 heteroatoms. The Morgan fingerprint density at radius 2 is 2.17 bits per heavy atom. The van der Waals surface area contributed by atoms with Gasteiger partial charge in [-0.1, -0.05) is 39.7 Å². The Kier molecular flexibility index (Phi) is 3.28. The largest absolute Gasteiger partial charge is 0.256 e. The summed E-state index contributed by atoms with van der Waals surface area (Å²) >= 11 is 3.51. The van der Waals surface area contributed by atoms with Gasteiger partial charge in [-0.05, 0) is 49.1 Å². The monoisotopic (exact) mass is 299 g/mol. The Bertz CT molecular complexity index is 641. The second kappa shape index (κ2) is 5.07. The van der Waals surface area contributed by atoms with Gasteiger partial charge in [0.05, 0.1) is 5.52 Å². The normalized spacial score (nSPS) is 14.8. The Labute approximate surface area is 115 Å². The summed E-state index contributed by atoms with van der Waals surface area (Å²) in [5, 5.41) is 1.20. The van der Waals surface area contributed by atoms with E-state index < -0.39 is 0 Å². The fourth-order valence-corrected chi connectivity index (χ4v) is 2.69. The van der Waals surface area contributed by atoms with E-state index in [1.807, 2.05) is 18.3 Å². The van der Waals surface area contributed by atoms with Crippen LogP contribution in [-0.4, -0.2) is 4.98 Å². The third-order valence-corrected chi connectivity index (χ3v) is 3.72. The summed E-state index contributed by atoms with van der Waals surface area (Å²) in [4.78, 5) is 4.52. The molecule has 0 saturated heterocycles. The Morgan fingerprint density at radius 3 is 3.00 bits per heavy atom. The van der Waals surface area contributed by atoms with Crippen LogP contribution in [0.5, 0.6) is 0 Å². The van der Waals surface area contributed by atoms with E-state index in [1.54, 1.807) is 0 Å². The predicted octanol–water partition coefficient (Wildman–Crippen LogP) is 4.82. The molecule has 0 bridgehead atoms. The van der Waals surface area contributed by atoms with Crippen LogP contribution in [0.15, 0.2) is 58.7 Å². The standard InChI is InChI=1S/C16H14BrN/c17-15-6-7-16-14(10-15)9-13(11-18-16)8-12-4-2-1-3-5-12/h1-2,4,6-7,9-11H,3,5,8H2. The molecule has 0 unspecified atom stereocenters. The Morgan fingerprint density at radius 1 is 1.22 bits per heavy atom. The molecule has 0 saturated carbocycles. The molecule has 18 heavy (non-hydrogen) atoms.